The third-order valence-electron chi connectivity index (χ3n) is 12.3. The molecule has 70 heavy (non-hydrogen) atoms. The molecule has 0 bridgehead atoms. The van der Waals surface area contributed by atoms with E-state index in [1.807, 2.05) is 12.2 Å². The lowest BCUT2D eigenvalue weighted by Crippen LogP contribution is -2.60. The van der Waals surface area contributed by atoms with Gasteiger partial charge < -0.3 is 34.3 Å². The van der Waals surface area contributed by atoms with E-state index >= 15 is 0 Å². The quantitative estimate of drug-likeness (QED) is 0.0196. The Morgan fingerprint density at radius 2 is 0.900 bits per heavy atom. The second kappa shape index (κ2) is 45.9. The normalized spacial score (nSPS) is 19.5. The van der Waals surface area contributed by atoms with E-state index in [0.717, 1.165) is 51.4 Å². The molecule has 0 aliphatic carbocycles. The fourth-order valence-electron chi connectivity index (χ4n) is 8.12. The minimum atomic E-state index is -4.62. The Bertz CT molecular complexity index is 1550. The second-order valence-electron chi connectivity index (χ2n) is 18.9. The minimum Gasteiger partial charge on any atom is -0.462 e. The molecule has 12 nitrogen and oxygen atoms in total. The molecular formula is C57H98O12S. The summed E-state index contributed by atoms with van der Waals surface area (Å²) in [6, 6.07) is 0. The third kappa shape index (κ3) is 39.7. The van der Waals surface area contributed by atoms with Crippen molar-refractivity contribution in [1.29, 1.82) is 0 Å². The van der Waals surface area contributed by atoms with Crippen LogP contribution in [0, 0.1) is 0 Å². The van der Waals surface area contributed by atoms with Gasteiger partial charge in [0.15, 0.2) is 12.4 Å². The summed E-state index contributed by atoms with van der Waals surface area (Å²) in [5.41, 5.74) is 0. The minimum absolute atomic E-state index is 0.0377. The second-order valence-corrected chi connectivity index (χ2v) is 20.4. The summed E-state index contributed by atoms with van der Waals surface area (Å²) in [7, 11) is -4.62. The van der Waals surface area contributed by atoms with E-state index in [0.29, 0.717) is 19.3 Å². The number of aliphatic hydroxyl groups is 3. The molecule has 404 valence electrons. The Hall–Kier alpha value is -2.91. The molecule has 0 aromatic carbocycles. The van der Waals surface area contributed by atoms with Gasteiger partial charge in [0.1, 0.15) is 36.8 Å². The topological polar surface area (TPSA) is 186 Å². The fourth-order valence-corrected chi connectivity index (χ4v) is 8.81. The zero-order valence-electron chi connectivity index (χ0n) is 43.6. The highest BCUT2D eigenvalue weighted by atomic mass is 32.2. The molecule has 0 radical (unpaired) electrons. The molecular weight excluding hydrogens is 909 g/mol. The molecule has 0 saturated carbocycles. The van der Waals surface area contributed by atoms with E-state index < -0.39 is 71.2 Å². The number of unbranched alkanes of at least 4 members (excludes halogenated alkanes) is 22. The van der Waals surface area contributed by atoms with Gasteiger partial charge in [-0.2, -0.15) is 8.42 Å². The van der Waals surface area contributed by atoms with Crippen LogP contribution in [0.25, 0.3) is 0 Å². The number of esters is 2. The molecule has 6 atom stereocenters. The van der Waals surface area contributed by atoms with E-state index in [1.165, 1.54) is 122 Å². The van der Waals surface area contributed by atoms with Crippen LogP contribution in [-0.2, 0) is 38.7 Å². The number of aliphatic hydroxyl groups excluding tert-OH is 3. The first-order valence-electron chi connectivity index (χ1n) is 27.5. The molecule has 0 aromatic rings. The van der Waals surface area contributed by atoms with Gasteiger partial charge in [-0.3, -0.25) is 14.1 Å². The van der Waals surface area contributed by atoms with Gasteiger partial charge in [0.2, 0.25) is 0 Å². The zero-order chi connectivity index (χ0) is 51.2. The predicted molar refractivity (Wildman–Crippen MR) is 284 cm³/mol. The van der Waals surface area contributed by atoms with Crippen molar-refractivity contribution in [1.82, 2.24) is 0 Å². The van der Waals surface area contributed by atoms with Crippen LogP contribution in [-0.4, -0.2) is 96.0 Å². The van der Waals surface area contributed by atoms with Crippen LogP contribution in [0.5, 0.6) is 0 Å². The van der Waals surface area contributed by atoms with Crippen molar-refractivity contribution < 1.29 is 56.8 Å². The van der Waals surface area contributed by atoms with E-state index in [2.05, 4.69) is 74.6 Å². The van der Waals surface area contributed by atoms with Crippen molar-refractivity contribution in [3.05, 3.63) is 72.9 Å². The van der Waals surface area contributed by atoms with Crippen LogP contribution in [0.4, 0.5) is 0 Å². The fraction of sp³-hybridized carbons (Fsp3) is 0.754. The van der Waals surface area contributed by atoms with E-state index in [-0.39, 0.29) is 19.4 Å². The lowest BCUT2D eigenvalue weighted by Gasteiger charge is -2.40. The average molecular weight is 1010 g/mol. The molecule has 0 amide bonds. The molecule has 1 aliphatic rings. The zero-order valence-corrected chi connectivity index (χ0v) is 44.4. The predicted octanol–water partition coefficient (Wildman–Crippen LogP) is 13.0. The van der Waals surface area contributed by atoms with Gasteiger partial charge in [0.05, 0.1) is 6.61 Å². The number of ether oxygens (including phenoxy) is 4. The smallest absolute Gasteiger partial charge is 0.306 e. The summed E-state index contributed by atoms with van der Waals surface area (Å²) >= 11 is 0. The first-order valence-corrected chi connectivity index (χ1v) is 29.1. The Balaban J connectivity index is 2.37. The molecule has 1 aliphatic heterocycles. The average Bonchev–Trinajstić information content (AvgIpc) is 3.33. The van der Waals surface area contributed by atoms with Crippen molar-refractivity contribution in [3.8, 4) is 0 Å². The summed E-state index contributed by atoms with van der Waals surface area (Å²) in [5.74, 6) is -2.09. The number of allylic oxidation sites excluding steroid dienone is 12. The summed E-state index contributed by atoms with van der Waals surface area (Å²) in [6.45, 7) is 3.62. The molecule has 2 unspecified atom stereocenters. The molecule has 1 fully saturated rings. The van der Waals surface area contributed by atoms with E-state index in [4.69, 9.17) is 18.9 Å². The summed E-state index contributed by atoms with van der Waals surface area (Å²) < 4.78 is 54.2. The van der Waals surface area contributed by atoms with Gasteiger partial charge in [-0.05, 0) is 51.4 Å². The van der Waals surface area contributed by atoms with Gasteiger partial charge in [0, 0.05) is 12.8 Å². The first-order chi connectivity index (χ1) is 34.0. The Morgan fingerprint density at radius 3 is 1.31 bits per heavy atom. The van der Waals surface area contributed by atoms with Gasteiger partial charge in [-0.15, -0.1) is 0 Å². The standard InChI is InChI=1S/C57H98O12S/c1-3-5-7-9-11-13-15-17-19-21-23-24-25-26-28-29-31-33-35-37-39-41-43-45-52(58)66-47-50(48-67-57-56(62)55(61)54(60)51(69-57)49-70(63,64)65)68-53(59)46-44-42-40-38-36-34-32-30-27-22-20-18-16-14-12-10-8-6-4-2/h6,8,12,14,18,20,27,30,34,36,40,42,50-51,54-57,60-62H,3-5,7,9-11,13,15-17,19,21-26,28-29,31-33,35,37-39,41,43-49H2,1-2H3,(H,63,64,65)/b8-6+,14-12+,20-18+,30-27+,36-34+,42-40+/t50-,51-,54-,55?,56?,57+/m1/s1. The largest absolute Gasteiger partial charge is 0.462 e. The summed E-state index contributed by atoms with van der Waals surface area (Å²) in [6.07, 6.45) is 51.1. The SMILES string of the molecule is CC/C=C/C/C=C/C/C=C/C/C=C/C/C=C/C/C=C/CCC(=O)O[C@H](COC(=O)CCCCCCCCCCCCCCCCCCCCCCCCC)CO[C@H]1O[C@H](CS(=O)(=O)O)[C@@H](O)C(O)C1O. The van der Waals surface area contributed by atoms with Crippen LogP contribution in [0.15, 0.2) is 72.9 Å². The molecule has 4 N–H and O–H groups in total. The lowest BCUT2D eigenvalue weighted by molar-refractivity contribution is -0.297. The van der Waals surface area contributed by atoms with Crippen molar-refractivity contribution >= 4 is 22.1 Å². The monoisotopic (exact) mass is 1010 g/mol. The Morgan fingerprint density at radius 1 is 0.500 bits per heavy atom. The summed E-state index contributed by atoms with van der Waals surface area (Å²) in [4.78, 5) is 25.5. The number of hydrogen-bond donors (Lipinski definition) is 4. The Kier molecular flexibility index (Phi) is 42.7. The van der Waals surface area contributed by atoms with E-state index in [1.54, 1.807) is 0 Å². The third-order valence-corrected chi connectivity index (χ3v) is 13.1. The highest BCUT2D eigenvalue weighted by molar-refractivity contribution is 7.85. The van der Waals surface area contributed by atoms with Crippen LogP contribution >= 0.6 is 0 Å². The van der Waals surface area contributed by atoms with Crippen LogP contribution in [0.1, 0.15) is 219 Å². The molecule has 1 saturated heterocycles. The van der Waals surface area contributed by atoms with Gasteiger partial charge >= 0.3 is 11.9 Å². The van der Waals surface area contributed by atoms with E-state index in [9.17, 15) is 37.9 Å². The number of carbonyl (C=O) groups is 2. The maximum Gasteiger partial charge on any atom is 0.306 e. The first kappa shape index (κ1) is 65.1. The summed E-state index contributed by atoms with van der Waals surface area (Å²) in [5, 5.41) is 31.0. The number of carbonyl (C=O) groups excluding carboxylic acids is 2. The van der Waals surface area contributed by atoms with Crippen LogP contribution in [0.3, 0.4) is 0 Å². The van der Waals surface area contributed by atoms with Crippen molar-refractivity contribution in [2.24, 2.45) is 0 Å². The number of hydrogen-bond acceptors (Lipinski definition) is 11. The van der Waals surface area contributed by atoms with Crippen LogP contribution < -0.4 is 0 Å². The number of rotatable bonds is 46. The molecule has 0 aromatic heterocycles. The highest BCUT2D eigenvalue weighted by Crippen LogP contribution is 2.24. The molecule has 0 spiro atoms. The lowest BCUT2D eigenvalue weighted by atomic mass is 10.00. The maximum atomic E-state index is 12.9. The van der Waals surface area contributed by atoms with Crippen molar-refractivity contribution in [2.45, 2.75) is 256 Å². The van der Waals surface area contributed by atoms with Gasteiger partial charge in [0.25, 0.3) is 10.1 Å². The Labute approximate surface area is 425 Å². The molecule has 13 heteroatoms. The molecule has 1 heterocycles. The molecule has 1 rings (SSSR count). The highest BCUT2D eigenvalue weighted by Gasteiger charge is 2.46. The van der Waals surface area contributed by atoms with Crippen molar-refractivity contribution in [3.63, 3.8) is 0 Å². The van der Waals surface area contributed by atoms with Crippen LogP contribution in [0.2, 0.25) is 0 Å². The van der Waals surface area contributed by atoms with Gasteiger partial charge in [-0.25, -0.2) is 0 Å². The van der Waals surface area contributed by atoms with Gasteiger partial charge in [-0.1, -0.05) is 228 Å². The van der Waals surface area contributed by atoms with Crippen molar-refractivity contribution in [2.75, 3.05) is 19.0 Å². The maximum absolute atomic E-state index is 12.9.